The van der Waals surface area contributed by atoms with E-state index in [-0.39, 0.29) is 12.5 Å². The minimum Gasteiger partial charge on any atom is -0.342 e. The number of nitro groups is 1. The molecule has 11 heteroatoms. The lowest BCUT2D eigenvalue weighted by molar-refractivity contribution is -0.384. The summed E-state index contributed by atoms with van der Waals surface area (Å²) in [5.41, 5.74) is 1.43. The molecule has 112 valence electrons. The second-order valence-corrected chi connectivity index (χ2v) is 3.84. The number of hydrogen-bond donors (Lipinski definition) is 2. The zero-order chi connectivity index (χ0) is 15.3. The Morgan fingerprint density at radius 2 is 2.20 bits per heavy atom. The van der Waals surface area contributed by atoms with Crippen LogP contribution in [-0.2, 0) is 0 Å². The van der Waals surface area contributed by atoms with Gasteiger partial charge in [0.1, 0.15) is 12.7 Å². The SMILES string of the molecule is CCCN(CC(F)(F)F)c1nc(NN)ncc1[N+](=O)[O-]. The fourth-order valence-corrected chi connectivity index (χ4v) is 1.54. The molecule has 0 saturated heterocycles. The van der Waals surface area contributed by atoms with E-state index in [9.17, 15) is 23.3 Å². The van der Waals surface area contributed by atoms with Crippen LogP contribution >= 0.6 is 0 Å². The number of nitrogens with two attached hydrogens (primary N) is 1. The van der Waals surface area contributed by atoms with E-state index in [0.29, 0.717) is 6.42 Å². The number of aromatic nitrogens is 2. The second kappa shape index (κ2) is 6.32. The van der Waals surface area contributed by atoms with E-state index in [1.807, 2.05) is 5.43 Å². The normalized spacial score (nSPS) is 11.2. The second-order valence-electron chi connectivity index (χ2n) is 3.84. The van der Waals surface area contributed by atoms with Crippen molar-refractivity contribution in [1.82, 2.24) is 9.97 Å². The maximum Gasteiger partial charge on any atom is 0.405 e. The number of halogens is 3. The van der Waals surface area contributed by atoms with E-state index in [0.717, 1.165) is 11.1 Å². The third kappa shape index (κ3) is 4.19. The summed E-state index contributed by atoms with van der Waals surface area (Å²) in [6.45, 7) is 0.266. The zero-order valence-corrected chi connectivity index (χ0v) is 10.5. The maximum atomic E-state index is 12.5. The first kappa shape index (κ1) is 15.9. The first-order valence-electron chi connectivity index (χ1n) is 5.58. The fraction of sp³-hybridized carbons (Fsp3) is 0.556. The molecule has 0 amide bonds. The van der Waals surface area contributed by atoms with Crippen LogP contribution in [0.4, 0.5) is 30.6 Å². The predicted molar refractivity (Wildman–Crippen MR) is 65.1 cm³/mol. The van der Waals surface area contributed by atoms with Crippen molar-refractivity contribution >= 4 is 17.5 Å². The molecule has 0 aliphatic rings. The quantitative estimate of drug-likeness (QED) is 0.464. The van der Waals surface area contributed by atoms with Gasteiger partial charge in [0.2, 0.25) is 11.8 Å². The van der Waals surface area contributed by atoms with Crippen LogP contribution in [0.1, 0.15) is 13.3 Å². The van der Waals surface area contributed by atoms with Crippen LogP contribution in [0.15, 0.2) is 6.20 Å². The number of anilines is 2. The van der Waals surface area contributed by atoms with Crippen molar-refractivity contribution in [3.05, 3.63) is 16.3 Å². The van der Waals surface area contributed by atoms with Crippen LogP contribution in [0.25, 0.3) is 0 Å². The molecule has 0 aliphatic heterocycles. The van der Waals surface area contributed by atoms with Crippen LogP contribution in [0.2, 0.25) is 0 Å². The summed E-state index contributed by atoms with van der Waals surface area (Å²) < 4.78 is 37.6. The van der Waals surface area contributed by atoms with Gasteiger partial charge in [-0.1, -0.05) is 6.92 Å². The van der Waals surface area contributed by atoms with Gasteiger partial charge in [0.15, 0.2) is 0 Å². The monoisotopic (exact) mass is 294 g/mol. The Labute approximate surface area is 111 Å². The number of hydrogen-bond acceptors (Lipinski definition) is 7. The molecule has 3 N–H and O–H groups in total. The van der Waals surface area contributed by atoms with E-state index in [4.69, 9.17) is 5.84 Å². The number of nitrogens with zero attached hydrogens (tertiary/aromatic N) is 4. The van der Waals surface area contributed by atoms with Gasteiger partial charge in [-0.2, -0.15) is 18.2 Å². The summed E-state index contributed by atoms with van der Waals surface area (Å²) in [5.74, 6) is 4.44. The van der Waals surface area contributed by atoms with Crippen molar-refractivity contribution < 1.29 is 18.1 Å². The number of hydrazine groups is 1. The summed E-state index contributed by atoms with van der Waals surface area (Å²) in [6.07, 6.45) is -3.33. The third-order valence-corrected chi connectivity index (χ3v) is 2.24. The molecule has 0 fully saturated rings. The Morgan fingerprint density at radius 3 is 2.65 bits per heavy atom. The van der Waals surface area contributed by atoms with Gasteiger partial charge in [0.25, 0.3) is 0 Å². The lowest BCUT2D eigenvalue weighted by Gasteiger charge is -2.24. The molecule has 1 aromatic rings. The van der Waals surface area contributed by atoms with Crippen molar-refractivity contribution in [3.63, 3.8) is 0 Å². The number of nitrogens with one attached hydrogen (secondary N) is 1. The van der Waals surface area contributed by atoms with Gasteiger partial charge in [0, 0.05) is 6.54 Å². The number of rotatable bonds is 6. The Morgan fingerprint density at radius 1 is 1.55 bits per heavy atom. The molecule has 0 aliphatic carbocycles. The van der Waals surface area contributed by atoms with E-state index in [1.165, 1.54) is 0 Å². The first-order valence-corrected chi connectivity index (χ1v) is 5.58. The Hall–Kier alpha value is -2.17. The van der Waals surface area contributed by atoms with Gasteiger partial charge >= 0.3 is 11.9 Å². The van der Waals surface area contributed by atoms with Gasteiger partial charge < -0.3 is 4.90 Å². The predicted octanol–water partition coefficient (Wildman–Crippen LogP) is 1.45. The smallest absolute Gasteiger partial charge is 0.342 e. The van der Waals surface area contributed by atoms with Crippen molar-refractivity contribution in [3.8, 4) is 0 Å². The molecule has 8 nitrogen and oxygen atoms in total. The molecule has 0 aromatic carbocycles. The summed E-state index contributed by atoms with van der Waals surface area (Å²) in [7, 11) is 0. The molecule has 1 rings (SSSR count). The highest BCUT2D eigenvalue weighted by molar-refractivity contribution is 5.58. The lowest BCUT2D eigenvalue weighted by atomic mass is 10.3. The van der Waals surface area contributed by atoms with E-state index >= 15 is 0 Å². The zero-order valence-electron chi connectivity index (χ0n) is 10.5. The molecule has 0 atom stereocenters. The Bertz CT molecular complexity index is 481. The summed E-state index contributed by atoms with van der Waals surface area (Å²) in [6, 6.07) is 0. The molecular formula is C9H13F3N6O2. The molecule has 0 saturated carbocycles. The van der Waals surface area contributed by atoms with Gasteiger partial charge in [-0.3, -0.25) is 15.5 Å². The summed E-state index contributed by atoms with van der Waals surface area (Å²) >= 11 is 0. The average molecular weight is 294 g/mol. The highest BCUT2D eigenvalue weighted by Gasteiger charge is 2.34. The Kier molecular flexibility index (Phi) is 5.02. The Balaban J connectivity index is 3.25. The minimum atomic E-state index is -4.51. The maximum absolute atomic E-state index is 12.5. The van der Waals surface area contributed by atoms with Gasteiger partial charge in [0.05, 0.1) is 4.92 Å². The molecule has 1 aromatic heterocycles. The molecule has 0 radical (unpaired) electrons. The van der Waals surface area contributed by atoms with Crippen LogP contribution in [0, 0.1) is 10.1 Å². The molecular weight excluding hydrogens is 281 g/mol. The van der Waals surface area contributed by atoms with Crippen LogP contribution < -0.4 is 16.2 Å². The van der Waals surface area contributed by atoms with Crippen LogP contribution in [-0.4, -0.2) is 34.2 Å². The topological polar surface area (TPSA) is 110 Å². The van der Waals surface area contributed by atoms with E-state index in [2.05, 4.69) is 9.97 Å². The van der Waals surface area contributed by atoms with Crippen molar-refractivity contribution in [2.24, 2.45) is 5.84 Å². The highest BCUT2D eigenvalue weighted by atomic mass is 19.4. The van der Waals surface area contributed by atoms with Crippen molar-refractivity contribution in [1.29, 1.82) is 0 Å². The van der Waals surface area contributed by atoms with Crippen LogP contribution in [0.3, 0.4) is 0 Å². The summed E-state index contributed by atoms with van der Waals surface area (Å²) in [4.78, 5) is 18.0. The van der Waals surface area contributed by atoms with Gasteiger partial charge in [-0.25, -0.2) is 10.8 Å². The highest BCUT2D eigenvalue weighted by Crippen LogP contribution is 2.29. The van der Waals surface area contributed by atoms with E-state index in [1.54, 1.807) is 6.92 Å². The largest absolute Gasteiger partial charge is 0.405 e. The molecule has 0 unspecified atom stereocenters. The van der Waals surface area contributed by atoms with Gasteiger partial charge in [-0.05, 0) is 6.42 Å². The summed E-state index contributed by atoms with van der Waals surface area (Å²) in [5, 5.41) is 10.9. The average Bonchev–Trinajstić information content (AvgIpc) is 2.35. The standard InChI is InChI=1S/C9H13F3N6O2/c1-2-3-17(5-9(10,11)12)7-6(18(19)20)4-14-8(15-7)16-13/h4H,2-3,5,13H2,1H3,(H,14,15,16). The fourth-order valence-electron chi connectivity index (χ4n) is 1.54. The van der Waals surface area contributed by atoms with Crippen molar-refractivity contribution in [2.45, 2.75) is 19.5 Å². The number of alkyl halides is 3. The minimum absolute atomic E-state index is 0.0403. The first-order chi connectivity index (χ1) is 9.28. The van der Waals surface area contributed by atoms with Crippen LogP contribution in [0.5, 0.6) is 0 Å². The molecule has 1 heterocycles. The third-order valence-electron chi connectivity index (χ3n) is 2.24. The number of nitrogen functional groups attached to an aromatic ring is 1. The van der Waals surface area contributed by atoms with Crippen molar-refractivity contribution in [2.75, 3.05) is 23.4 Å². The molecule has 20 heavy (non-hydrogen) atoms. The van der Waals surface area contributed by atoms with E-state index < -0.39 is 29.1 Å². The molecule has 0 bridgehead atoms. The lowest BCUT2D eigenvalue weighted by Crippen LogP contribution is -2.36. The molecule has 0 spiro atoms. The van der Waals surface area contributed by atoms with Gasteiger partial charge in [-0.15, -0.1) is 0 Å².